The van der Waals surface area contributed by atoms with Gasteiger partial charge in [0.2, 0.25) is 5.82 Å². The van der Waals surface area contributed by atoms with E-state index >= 15 is 0 Å². The number of nitrogens with two attached hydrogens (primary N) is 1. The minimum Gasteiger partial charge on any atom is -0.351 e. The SMILES string of the molecule is NC(=O)Nc1ccc(NC(=O)Nc2cccc(-c3nc(-c4ccc(NC(=O)c5cccnc5)cc4Cl)no3)c2)cc1C(F)(F)F. The summed E-state index contributed by atoms with van der Waals surface area (Å²) in [6, 6.07) is 15.1. The smallest absolute Gasteiger partial charge is 0.351 e. The summed E-state index contributed by atoms with van der Waals surface area (Å²) in [5.41, 5.74) is 4.91. The van der Waals surface area contributed by atoms with Gasteiger partial charge in [-0.25, -0.2) is 9.59 Å². The summed E-state index contributed by atoms with van der Waals surface area (Å²) in [4.78, 5) is 44.3. The second-order valence-corrected chi connectivity index (χ2v) is 9.63. The first-order chi connectivity index (χ1) is 21.5. The molecule has 3 aromatic carbocycles. The summed E-state index contributed by atoms with van der Waals surface area (Å²) in [6.45, 7) is 0. The summed E-state index contributed by atoms with van der Waals surface area (Å²) in [7, 11) is 0. The Labute approximate surface area is 256 Å². The monoisotopic (exact) mass is 636 g/mol. The number of nitrogens with zero attached hydrogens (tertiary/aromatic N) is 3. The van der Waals surface area contributed by atoms with Gasteiger partial charge in [-0.15, -0.1) is 0 Å². The number of carbonyl (C=O) groups excluding carboxylic acids is 3. The van der Waals surface area contributed by atoms with Crippen molar-refractivity contribution in [1.82, 2.24) is 15.1 Å². The molecule has 0 aliphatic rings. The molecule has 0 bridgehead atoms. The Balaban J connectivity index is 1.27. The maximum atomic E-state index is 13.5. The molecule has 6 N–H and O–H groups in total. The van der Waals surface area contributed by atoms with Crippen molar-refractivity contribution in [3.05, 3.63) is 101 Å². The molecular formula is C29H20ClF3N8O4. The zero-order valence-corrected chi connectivity index (χ0v) is 23.4. The predicted molar refractivity (Wildman–Crippen MR) is 160 cm³/mol. The van der Waals surface area contributed by atoms with Gasteiger partial charge in [0.15, 0.2) is 0 Å². The third-order valence-electron chi connectivity index (χ3n) is 6.03. The van der Waals surface area contributed by atoms with Crippen LogP contribution in [0.2, 0.25) is 5.02 Å². The molecule has 0 saturated carbocycles. The van der Waals surface area contributed by atoms with E-state index in [0.717, 1.165) is 6.07 Å². The van der Waals surface area contributed by atoms with Crippen molar-refractivity contribution in [3.63, 3.8) is 0 Å². The zero-order valence-electron chi connectivity index (χ0n) is 22.6. The standard InChI is InChI=1S/C29H20ClF3N8O4/c30-22-13-19(36-25(42)16-4-2-10-35-14-16)6-8-20(22)24-40-26(45-41-24)15-3-1-5-17(11-15)37-28(44)38-18-7-9-23(39-27(34)43)21(12-18)29(31,32)33/h1-14H,(H,36,42)(H3,34,39,43)(H2,37,38,44). The third kappa shape index (κ3) is 7.52. The molecule has 2 aromatic heterocycles. The lowest BCUT2D eigenvalue weighted by Crippen LogP contribution is -2.23. The van der Waals surface area contributed by atoms with Crippen molar-refractivity contribution >= 4 is 52.3 Å². The molecule has 16 heteroatoms. The Morgan fingerprint density at radius 1 is 0.844 bits per heavy atom. The first kappa shape index (κ1) is 30.5. The maximum absolute atomic E-state index is 13.5. The lowest BCUT2D eigenvalue weighted by molar-refractivity contribution is -0.136. The highest BCUT2D eigenvalue weighted by Crippen LogP contribution is 2.37. The number of urea groups is 2. The number of halogens is 4. The fraction of sp³-hybridized carbons (Fsp3) is 0.0345. The highest BCUT2D eigenvalue weighted by Gasteiger charge is 2.34. The quantitative estimate of drug-likeness (QED) is 0.130. The van der Waals surface area contributed by atoms with Gasteiger partial charge in [0.25, 0.3) is 11.8 Å². The highest BCUT2D eigenvalue weighted by atomic mass is 35.5. The summed E-state index contributed by atoms with van der Waals surface area (Å²) < 4.78 is 45.8. The van der Waals surface area contributed by atoms with Gasteiger partial charge >= 0.3 is 18.2 Å². The molecule has 0 fully saturated rings. The number of hydrogen-bond donors (Lipinski definition) is 5. The Morgan fingerprint density at radius 3 is 2.27 bits per heavy atom. The fourth-order valence-corrected chi connectivity index (χ4v) is 4.31. The van der Waals surface area contributed by atoms with Crippen LogP contribution in [0.25, 0.3) is 22.8 Å². The fourth-order valence-electron chi connectivity index (χ4n) is 4.05. The number of carbonyl (C=O) groups is 3. The van der Waals surface area contributed by atoms with Crippen LogP contribution < -0.4 is 27.0 Å². The number of rotatable bonds is 7. The molecule has 5 aromatic rings. The molecule has 0 atom stereocenters. The van der Waals surface area contributed by atoms with Gasteiger partial charge in [-0.1, -0.05) is 22.8 Å². The number of benzene rings is 3. The Morgan fingerprint density at radius 2 is 1.58 bits per heavy atom. The molecule has 0 saturated heterocycles. The molecule has 45 heavy (non-hydrogen) atoms. The second kappa shape index (κ2) is 12.7. The van der Waals surface area contributed by atoms with Gasteiger partial charge in [-0.3, -0.25) is 9.78 Å². The zero-order chi connectivity index (χ0) is 32.1. The lowest BCUT2D eigenvalue weighted by Gasteiger charge is -2.15. The number of amides is 5. The first-order valence-electron chi connectivity index (χ1n) is 12.8. The highest BCUT2D eigenvalue weighted by molar-refractivity contribution is 6.33. The van der Waals surface area contributed by atoms with E-state index in [-0.39, 0.29) is 34.0 Å². The maximum Gasteiger partial charge on any atom is 0.418 e. The van der Waals surface area contributed by atoms with E-state index in [1.807, 2.05) is 5.32 Å². The number of primary amides is 1. The summed E-state index contributed by atoms with van der Waals surface area (Å²) in [5.74, 6) is -0.116. The first-order valence-corrected chi connectivity index (χ1v) is 13.2. The van der Waals surface area contributed by atoms with E-state index < -0.39 is 29.5 Å². The second-order valence-electron chi connectivity index (χ2n) is 9.22. The van der Waals surface area contributed by atoms with Crippen LogP contribution in [0.4, 0.5) is 45.5 Å². The third-order valence-corrected chi connectivity index (χ3v) is 6.34. The Hall–Kier alpha value is -5.96. The van der Waals surface area contributed by atoms with E-state index in [2.05, 4.69) is 31.1 Å². The normalized spacial score (nSPS) is 11.0. The van der Waals surface area contributed by atoms with Crippen LogP contribution >= 0.6 is 11.6 Å². The van der Waals surface area contributed by atoms with E-state index in [1.54, 1.807) is 42.6 Å². The van der Waals surface area contributed by atoms with E-state index in [4.69, 9.17) is 21.9 Å². The molecular weight excluding hydrogens is 617 g/mol. The minimum absolute atomic E-state index is 0.0893. The van der Waals surface area contributed by atoms with Gasteiger partial charge in [0, 0.05) is 40.6 Å². The molecule has 0 unspecified atom stereocenters. The van der Waals surface area contributed by atoms with Crippen molar-refractivity contribution < 1.29 is 32.1 Å². The van der Waals surface area contributed by atoms with Crippen LogP contribution in [0.1, 0.15) is 15.9 Å². The Bertz CT molecular complexity index is 1900. The van der Waals surface area contributed by atoms with Gasteiger partial charge < -0.3 is 31.5 Å². The van der Waals surface area contributed by atoms with Gasteiger partial charge in [-0.2, -0.15) is 18.2 Å². The van der Waals surface area contributed by atoms with E-state index in [9.17, 15) is 27.6 Å². The lowest BCUT2D eigenvalue weighted by atomic mass is 10.1. The van der Waals surface area contributed by atoms with Crippen molar-refractivity contribution in [1.29, 1.82) is 0 Å². The van der Waals surface area contributed by atoms with Crippen LogP contribution in [0.5, 0.6) is 0 Å². The molecule has 5 amide bonds. The summed E-state index contributed by atoms with van der Waals surface area (Å²) >= 11 is 6.44. The van der Waals surface area contributed by atoms with Gasteiger partial charge in [0.05, 0.1) is 21.8 Å². The van der Waals surface area contributed by atoms with Gasteiger partial charge in [0.1, 0.15) is 0 Å². The van der Waals surface area contributed by atoms with Crippen LogP contribution in [0.3, 0.4) is 0 Å². The average molecular weight is 637 g/mol. The predicted octanol–water partition coefficient (Wildman–Crippen LogP) is 6.86. The summed E-state index contributed by atoms with van der Waals surface area (Å²) in [6.07, 6.45) is -1.84. The molecule has 5 rings (SSSR count). The summed E-state index contributed by atoms with van der Waals surface area (Å²) in [5, 5.41) is 13.7. The minimum atomic E-state index is -4.83. The molecule has 228 valence electrons. The molecule has 0 spiro atoms. The molecule has 2 heterocycles. The van der Waals surface area contributed by atoms with Crippen LogP contribution in [0, 0.1) is 0 Å². The molecule has 0 aliphatic carbocycles. The van der Waals surface area contributed by atoms with Crippen LogP contribution in [-0.2, 0) is 6.18 Å². The number of hydrogen-bond acceptors (Lipinski definition) is 7. The van der Waals surface area contributed by atoms with Gasteiger partial charge in [-0.05, 0) is 66.7 Å². The van der Waals surface area contributed by atoms with Crippen LogP contribution in [0.15, 0.2) is 89.7 Å². The molecule has 0 aliphatic heterocycles. The van der Waals surface area contributed by atoms with Crippen molar-refractivity contribution in [2.24, 2.45) is 5.73 Å². The van der Waals surface area contributed by atoms with E-state index in [0.29, 0.717) is 28.4 Å². The van der Waals surface area contributed by atoms with E-state index in [1.165, 1.54) is 30.5 Å². The Kier molecular flexibility index (Phi) is 8.62. The number of aromatic nitrogens is 3. The molecule has 0 radical (unpaired) electrons. The average Bonchev–Trinajstić information content (AvgIpc) is 3.48. The number of anilines is 4. The number of nitrogens with one attached hydrogen (secondary N) is 4. The topological polar surface area (TPSA) is 177 Å². The van der Waals surface area contributed by atoms with Crippen molar-refractivity contribution in [3.8, 4) is 22.8 Å². The van der Waals surface area contributed by atoms with Crippen molar-refractivity contribution in [2.75, 3.05) is 21.3 Å². The number of pyridine rings is 1. The largest absolute Gasteiger partial charge is 0.418 e. The van der Waals surface area contributed by atoms with Crippen LogP contribution in [-0.4, -0.2) is 33.1 Å². The van der Waals surface area contributed by atoms with Crippen molar-refractivity contribution in [2.45, 2.75) is 6.18 Å². The molecule has 12 nitrogen and oxygen atoms in total. The number of alkyl halides is 3.